The van der Waals surface area contributed by atoms with E-state index in [9.17, 15) is 4.79 Å². The van der Waals surface area contributed by atoms with Crippen LogP contribution < -0.4 is 24.4 Å². The zero-order valence-corrected chi connectivity index (χ0v) is 17.5. The fourth-order valence-electron chi connectivity index (χ4n) is 2.49. The SMILES string of the molecule is CCCOc1ccc(/C=N\NC(=O)c2ccc(OC(C)C)c(OC)c2)cc1OC. The van der Waals surface area contributed by atoms with Crippen molar-refractivity contribution in [3.63, 3.8) is 0 Å². The van der Waals surface area contributed by atoms with Crippen molar-refractivity contribution in [2.75, 3.05) is 20.8 Å². The van der Waals surface area contributed by atoms with Crippen molar-refractivity contribution in [1.82, 2.24) is 5.43 Å². The molecule has 1 N–H and O–H groups in total. The molecule has 7 heteroatoms. The van der Waals surface area contributed by atoms with E-state index >= 15 is 0 Å². The first-order chi connectivity index (χ1) is 14.0. The summed E-state index contributed by atoms with van der Waals surface area (Å²) in [6, 6.07) is 10.4. The standard InChI is InChI=1S/C22H28N2O5/c1-6-11-28-18-9-7-16(12-20(18)26-4)14-23-24-22(25)17-8-10-19(29-15(2)3)21(13-17)27-5/h7-10,12-15H,6,11H2,1-5H3,(H,24,25)/b23-14-. The van der Waals surface area contributed by atoms with Gasteiger partial charge in [0.1, 0.15) is 0 Å². The van der Waals surface area contributed by atoms with Gasteiger partial charge in [-0.25, -0.2) is 5.43 Å². The zero-order valence-electron chi connectivity index (χ0n) is 17.5. The Hall–Kier alpha value is -3.22. The first kappa shape index (κ1) is 22.1. The lowest BCUT2D eigenvalue weighted by atomic mass is 10.2. The van der Waals surface area contributed by atoms with Crippen molar-refractivity contribution in [2.24, 2.45) is 5.10 Å². The molecule has 0 spiro atoms. The molecule has 0 aliphatic heterocycles. The topological polar surface area (TPSA) is 78.4 Å². The molecule has 29 heavy (non-hydrogen) atoms. The second-order valence-corrected chi connectivity index (χ2v) is 6.49. The molecule has 156 valence electrons. The number of ether oxygens (including phenoxy) is 4. The van der Waals surface area contributed by atoms with Gasteiger partial charge in [-0.2, -0.15) is 5.10 Å². The average molecular weight is 400 g/mol. The molecular formula is C22H28N2O5. The van der Waals surface area contributed by atoms with Gasteiger partial charge in [-0.15, -0.1) is 0 Å². The fraction of sp³-hybridized carbons (Fsp3) is 0.364. The maximum atomic E-state index is 12.4. The maximum absolute atomic E-state index is 12.4. The Kier molecular flexibility index (Phi) is 8.33. The Morgan fingerprint density at radius 1 is 1.03 bits per heavy atom. The molecule has 0 heterocycles. The highest BCUT2D eigenvalue weighted by Crippen LogP contribution is 2.29. The van der Waals surface area contributed by atoms with E-state index in [0.717, 1.165) is 12.0 Å². The molecule has 0 aliphatic carbocycles. The molecule has 1 amide bonds. The Balaban J connectivity index is 2.05. The Labute approximate surface area is 171 Å². The van der Waals surface area contributed by atoms with Gasteiger partial charge in [0, 0.05) is 5.56 Å². The third-order valence-corrected chi connectivity index (χ3v) is 3.82. The average Bonchev–Trinajstić information content (AvgIpc) is 2.72. The summed E-state index contributed by atoms with van der Waals surface area (Å²) in [5.74, 6) is 2.00. The Bertz CT molecular complexity index is 849. The van der Waals surface area contributed by atoms with Crippen LogP contribution in [0.3, 0.4) is 0 Å². The summed E-state index contributed by atoms with van der Waals surface area (Å²) >= 11 is 0. The molecule has 2 aromatic rings. The third-order valence-electron chi connectivity index (χ3n) is 3.82. The van der Waals surface area contributed by atoms with Crippen LogP contribution in [0.25, 0.3) is 0 Å². The van der Waals surface area contributed by atoms with Crippen LogP contribution in [0, 0.1) is 0 Å². The van der Waals surface area contributed by atoms with Crippen LogP contribution in [0.4, 0.5) is 0 Å². The molecule has 7 nitrogen and oxygen atoms in total. The van der Waals surface area contributed by atoms with Crippen molar-refractivity contribution in [3.05, 3.63) is 47.5 Å². The molecule has 0 atom stereocenters. The summed E-state index contributed by atoms with van der Waals surface area (Å²) in [6.45, 7) is 6.50. The van der Waals surface area contributed by atoms with Crippen LogP contribution in [0.2, 0.25) is 0 Å². The third kappa shape index (κ3) is 6.41. The fourth-order valence-corrected chi connectivity index (χ4v) is 2.49. The van der Waals surface area contributed by atoms with Gasteiger partial charge in [0.2, 0.25) is 0 Å². The van der Waals surface area contributed by atoms with Gasteiger partial charge < -0.3 is 18.9 Å². The highest BCUT2D eigenvalue weighted by atomic mass is 16.5. The van der Waals surface area contributed by atoms with Crippen LogP contribution in [-0.4, -0.2) is 39.1 Å². The number of methoxy groups -OCH3 is 2. The number of hydrazone groups is 1. The van der Waals surface area contributed by atoms with Crippen molar-refractivity contribution >= 4 is 12.1 Å². The van der Waals surface area contributed by atoms with Crippen LogP contribution >= 0.6 is 0 Å². The minimum atomic E-state index is -0.356. The van der Waals surface area contributed by atoms with E-state index in [-0.39, 0.29) is 12.0 Å². The molecule has 0 saturated carbocycles. The lowest BCUT2D eigenvalue weighted by Crippen LogP contribution is -2.18. The van der Waals surface area contributed by atoms with E-state index in [1.165, 1.54) is 13.3 Å². The maximum Gasteiger partial charge on any atom is 0.271 e. The second-order valence-electron chi connectivity index (χ2n) is 6.49. The van der Waals surface area contributed by atoms with Gasteiger partial charge in [-0.1, -0.05) is 6.92 Å². The van der Waals surface area contributed by atoms with Crippen molar-refractivity contribution in [2.45, 2.75) is 33.3 Å². The first-order valence-electron chi connectivity index (χ1n) is 9.47. The number of benzene rings is 2. The lowest BCUT2D eigenvalue weighted by Gasteiger charge is -2.14. The summed E-state index contributed by atoms with van der Waals surface area (Å²) in [5.41, 5.74) is 3.69. The van der Waals surface area contributed by atoms with Crippen molar-refractivity contribution in [1.29, 1.82) is 0 Å². The molecule has 0 aliphatic rings. The normalized spacial score (nSPS) is 10.8. The number of rotatable bonds is 10. The largest absolute Gasteiger partial charge is 0.493 e. The molecule has 0 radical (unpaired) electrons. The quantitative estimate of drug-likeness (QED) is 0.481. The summed E-state index contributed by atoms with van der Waals surface area (Å²) in [4.78, 5) is 12.4. The highest BCUT2D eigenvalue weighted by Gasteiger charge is 2.12. The zero-order chi connectivity index (χ0) is 21.2. The van der Waals surface area contributed by atoms with E-state index in [2.05, 4.69) is 10.5 Å². The minimum absolute atomic E-state index is 0.00364. The molecule has 0 unspecified atom stereocenters. The first-order valence-corrected chi connectivity index (χ1v) is 9.47. The van der Waals surface area contributed by atoms with Gasteiger partial charge in [-0.3, -0.25) is 4.79 Å². The molecule has 2 rings (SSSR count). The number of carbonyl (C=O) groups is 1. The summed E-state index contributed by atoms with van der Waals surface area (Å²) in [7, 11) is 3.11. The van der Waals surface area contributed by atoms with Gasteiger partial charge in [0.05, 0.1) is 33.1 Å². The molecule has 0 saturated heterocycles. The second kappa shape index (κ2) is 10.9. The molecule has 0 aromatic heterocycles. The van der Waals surface area contributed by atoms with Crippen LogP contribution in [0.5, 0.6) is 23.0 Å². The van der Waals surface area contributed by atoms with E-state index in [4.69, 9.17) is 18.9 Å². The lowest BCUT2D eigenvalue weighted by molar-refractivity contribution is 0.0954. The van der Waals surface area contributed by atoms with Gasteiger partial charge in [0.15, 0.2) is 23.0 Å². The summed E-state index contributed by atoms with van der Waals surface area (Å²) in [6.07, 6.45) is 2.45. The molecular weight excluding hydrogens is 372 g/mol. The monoisotopic (exact) mass is 400 g/mol. The van der Waals surface area contributed by atoms with Crippen molar-refractivity contribution < 1.29 is 23.7 Å². The number of hydrogen-bond donors (Lipinski definition) is 1. The van der Waals surface area contributed by atoms with E-state index in [1.54, 1.807) is 31.4 Å². The highest BCUT2D eigenvalue weighted by molar-refractivity contribution is 5.95. The number of nitrogens with one attached hydrogen (secondary N) is 1. The predicted molar refractivity (Wildman–Crippen MR) is 113 cm³/mol. The number of nitrogens with zero attached hydrogens (tertiary/aromatic N) is 1. The Morgan fingerprint density at radius 3 is 2.38 bits per heavy atom. The molecule has 0 bridgehead atoms. The van der Waals surface area contributed by atoms with Crippen LogP contribution in [0.1, 0.15) is 43.1 Å². The number of carbonyl (C=O) groups excluding carboxylic acids is 1. The smallest absolute Gasteiger partial charge is 0.271 e. The Morgan fingerprint density at radius 2 is 1.72 bits per heavy atom. The summed E-state index contributed by atoms with van der Waals surface area (Å²) in [5, 5.41) is 4.02. The van der Waals surface area contributed by atoms with Gasteiger partial charge >= 0.3 is 0 Å². The van der Waals surface area contributed by atoms with Gasteiger partial charge in [-0.05, 0) is 62.2 Å². The molecule has 0 fully saturated rings. The predicted octanol–water partition coefficient (Wildman–Crippen LogP) is 4.04. The van der Waals surface area contributed by atoms with Crippen molar-refractivity contribution in [3.8, 4) is 23.0 Å². The summed E-state index contributed by atoms with van der Waals surface area (Å²) < 4.78 is 21.9. The van der Waals surface area contributed by atoms with Crippen LogP contribution in [-0.2, 0) is 0 Å². The number of hydrogen-bond acceptors (Lipinski definition) is 6. The minimum Gasteiger partial charge on any atom is -0.493 e. The van der Waals surface area contributed by atoms with Gasteiger partial charge in [0.25, 0.3) is 5.91 Å². The van der Waals surface area contributed by atoms with E-state index in [0.29, 0.717) is 35.2 Å². The van der Waals surface area contributed by atoms with E-state index < -0.39 is 0 Å². The number of amides is 1. The van der Waals surface area contributed by atoms with E-state index in [1.807, 2.05) is 32.9 Å². The molecule has 2 aromatic carbocycles. The van der Waals surface area contributed by atoms with Crippen LogP contribution in [0.15, 0.2) is 41.5 Å².